The summed E-state index contributed by atoms with van der Waals surface area (Å²) in [6.45, 7) is 3.98. The Hall–Kier alpha value is -3.45. The number of guanidine groups is 1. The maximum Gasteiger partial charge on any atom is 0.326 e. The lowest BCUT2D eigenvalue weighted by Crippen LogP contribution is -2.56. The van der Waals surface area contributed by atoms with Crippen LogP contribution in [0.1, 0.15) is 38.2 Å². The fourth-order valence-electron chi connectivity index (χ4n) is 4.47. The van der Waals surface area contributed by atoms with E-state index < -0.39 is 34.0 Å². The molecule has 1 aliphatic heterocycles. The van der Waals surface area contributed by atoms with Gasteiger partial charge in [0.05, 0.1) is 0 Å². The fraction of sp³-hybridized carbons (Fsp3) is 0.478. The van der Waals surface area contributed by atoms with Gasteiger partial charge in [0.1, 0.15) is 12.1 Å². The molecule has 13 heteroatoms. The SMILES string of the molecule is Cc1cc2cccc(S(=O)(=O)N[C@@H](CCCN=C(N)N)C(=O)N3CC[C@@H](C)C[C@@H]3C(=O)O)c2[n+]([O-])c1. The van der Waals surface area contributed by atoms with Crippen LogP contribution < -0.4 is 20.9 Å². The number of carbonyl (C=O) groups excluding carboxylic acids is 1. The van der Waals surface area contributed by atoms with Gasteiger partial charge >= 0.3 is 5.97 Å². The monoisotopic (exact) mass is 520 g/mol. The van der Waals surface area contributed by atoms with Crippen LogP contribution in [0.2, 0.25) is 0 Å². The Kier molecular flexibility index (Phi) is 8.35. The molecule has 3 rings (SSSR count). The van der Waals surface area contributed by atoms with Gasteiger partial charge in [0.15, 0.2) is 17.1 Å². The second-order valence-electron chi connectivity index (χ2n) is 9.18. The number of likely N-dealkylation sites (tertiary alicyclic amines) is 1. The number of amides is 1. The standard InChI is InChI=1S/C23H32N6O6S/c1-14-8-10-28(18(12-14)22(31)32)21(30)17(6-4-9-26-23(24)25)27-36(34,35)19-7-3-5-16-11-15(2)13-29(33)20(16)19/h3,5,7,11,13-14,17-18,27H,4,6,8-10,12H2,1-2H3,(H,31,32)(H4,24,25,26)/t14-,17+,18-/m1/s1. The van der Waals surface area contributed by atoms with E-state index in [1.54, 1.807) is 19.1 Å². The van der Waals surface area contributed by atoms with Crippen molar-refractivity contribution in [1.82, 2.24) is 9.62 Å². The zero-order valence-electron chi connectivity index (χ0n) is 20.3. The zero-order valence-corrected chi connectivity index (χ0v) is 21.1. The number of rotatable bonds is 9. The molecule has 0 unspecified atom stereocenters. The summed E-state index contributed by atoms with van der Waals surface area (Å²) in [6.07, 6.45) is 2.42. The van der Waals surface area contributed by atoms with Gasteiger partial charge in [-0.2, -0.15) is 9.45 Å². The number of hydrogen-bond acceptors (Lipinski definition) is 6. The second-order valence-corrected chi connectivity index (χ2v) is 10.9. The molecule has 0 bridgehead atoms. The third-order valence-electron chi connectivity index (χ3n) is 6.22. The number of pyridine rings is 1. The number of fused-ring (bicyclic) bond motifs is 1. The number of aryl methyl sites for hydroxylation is 1. The number of carboxylic acids is 1. The Bertz CT molecular complexity index is 1280. The van der Waals surface area contributed by atoms with Crippen molar-refractivity contribution < 1.29 is 27.8 Å². The highest BCUT2D eigenvalue weighted by Crippen LogP contribution is 2.25. The minimum atomic E-state index is -4.36. The first-order chi connectivity index (χ1) is 16.9. The van der Waals surface area contributed by atoms with Gasteiger partial charge in [-0.1, -0.05) is 13.0 Å². The Morgan fingerprint density at radius 1 is 1.36 bits per heavy atom. The van der Waals surface area contributed by atoms with Crippen molar-refractivity contribution in [2.45, 2.75) is 56.5 Å². The Morgan fingerprint density at radius 3 is 2.75 bits per heavy atom. The van der Waals surface area contributed by atoms with Crippen LogP contribution in [-0.2, 0) is 19.6 Å². The third-order valence-corrected chi connectivity index (χ3v) is 7.72. The van der Waals surface area contributed by atoms with Crippen molar-refractivity contribution in [2.24, 2.45) is 22.4 Å². The van der Waals surface area contributed by atoms with Crippen molar-refractivity contribution in [3.8, 4) is 0 Å². The minimum Gasteiger partial charge on any atom is -0.618 e. The number of aliphatic carboxylic acids is 1. The average Bonchev–Trinajstić information content (AvgIpc) is 2.79. The first-order valence-electron chi connectivity index (χ1n) is 11.6. The van der Waals surface area contributed by atoms with Gasteiger partial charge in [0.2, 0.25) is 21.4 Å². The van der Waals surface area contributed by atoms with Crippen LogP contribution >= 0.6 is 0 Å². The molecule has 6 N–H and O–H groups in total. The predicted molar refractivity (Wildman–Crippen MR) is 133 cm³/mol. The number of para-hydroxylation sites is 1. The number of sulfonamides is 1. The number of carbonyl (C=O) groups is 2. The van der Waals surface area contributed by atoms with E-state index in [-0.39, 0.29) is 54.6 Å². The molecule has 2 heterocycles. The predicted octanol–water partition coefficient (Wildman–Crippen LogP) is 0.194. The molecule has 0 aliphatic carbocycles. The lowest BCUT2D eigenvalue weighted by molar-refractivity contribution is -0.578. The number of hydrogen-bond donors (Lipinski definition) is 4. The number of nitrogens with zero attached hydrogens (tertiary/aromatic N) is 3. The number of nitrogens with one attached hydrogen (secondary N) is 1. The molecule has 196 valence electrons. The van der Waals surface area contributed by atoms with Gasteiger partial charge in [0, 0.05) is 24.0 Å². The summed E-state index contributed by atoms with van der Waals surface area (Å²) in [7, 11) is -4.36. The first kappa shape index (κ1) is 27.1. The summed E-state index contributed by atoms with van der Waals surface area (Å²) in [5, 5.41) is 22.7. The maximum absolute atomic E-state index is 13.5. The van der Waals surface area contributed by atoms with Gasteiger partial charge in [-0.25, -0.2) is 13.2 Å². The minimum absolute atomic E-state index is 0.0223. The molecule has 36 heavy (non-hydrogen) atoms. The number of piperidine rings is 1. The van der Waals surface area contributed by atoms with Crippen molar-refractivity contribution >= 4 is 38.8 Å². The molecule has 1 fully saturated rings. The van der Waals surface area contributed by atoms with Gasteiger partial charge in [-0.05, 0) is 56.7 Å². The second kappa shape index (κ2) is 11.1. The van der Waals surface area contributed by atoms with Crippen LogP contribution in [0.3, 0.4) is 0 Å². The molecule has 1 saturated heterocycles. The number of aliphatic imine (C=N–C) groups is 1. The lowest BCUT2D eigenvalue weighted by Gasteiger charge is -2.38. The van der Waals surface area contributed by atoms with E-state index in [0.29, 0.717) is 22.1 Å². The molecule has 0 radical (unpaired) electrons. The van der Waals surface area contributed by atoms with Crippen LogP contribution in [-0.4, -0.2) is 61.4 Å². The molecular formula is C23H32N6O6S. The number of aromatic nitrogens is 1. The van der Waals surface area contributed by atoms with E-state index in [1.165, 1.54) is 23.2 Å². The normalized spacial score (nSPS) is 19.1. The quantitative estimate of drug-likeness (QED) is 0.118. The highest BCUT2D eigenvalue weighted by Gasteiger charge is 2.39. The smallest absolute Gasteiger partial charge is 0.326 e. The largest absolute Gasteiger partial charge is 0.618 e. The summed E-state index contributed by atoms with van der Waals surface area (Å²) in [4.78, 5) is 30.2. The molecule has 1 aromatic carbocycles. The van der Waals surface area contributed by atoms with E-state index >= 15 is 0 Å². The molecule has 12 nitrogen and oxygen atoms in total. The van der Waals surface area contributed by atoms with Crippen LogP contribution in [0, 0.1) is 18.0 Å². The molecule has 2 aromatic rings. The molecule has 1 amide bonds. The molecule has 0 spiro atoms. The summed E-state index contributed by atoms with van der Waals surface area (Å²) in [5.41, 5.74) is 11.3. The summed E-state index contributed by atoms with van der Waals surface area (Å²) < 4.78 is 29.9. The van der Waals surface area contributed by atoms with Gasteiger partial charge in [-0.3, -0.25) is 9.79 Å². The van der Waals surface area contributed by atoms with Crippen LogP contribution in [0.15, 0.2) is 40.4 Å². The van der Waals surface area contributed by atoms with Crippen LogP contribution in [0.25, 0.3) is 10.9 Å². The highest BCUT2D eigenvalue weighted by atomic mass is 32.2. The van der Waals surface area contributed by atoms with Crippen molar-refractivity contribution in [3.63, 3.8) is 0 Å². The van der Waals surface area contributed by atoms with Crippen molar-refractivity contribution in [3.05, 3.63) is 41.2 Å². The fourth-order valence-corrected chi connectivity index (χ4v) is 5.91. The van der Waals surface area contributed by atoms with E-state index in [2.05, 4.69) is 9.71 Å². The molecule has 0 saturated carbocycles. The van der Waals surface area contributed by atoms with Crippen molar-refractivity contribution in [1.29, 1.82) is 0 Å². The average molecular weight is 521 g/mol. The van der Waals surface area contributed by atoms with E-state index in [1.807, 2.05) is 6.92 Å². The van der Waals surface area contributed by atoms with Gasteiger partial charge in [-0.15, -0.1) is 0 Å². The Balaban J connectivity index is 1.96. The lowest BCUT2D eigenvalue weighted by atomic mass is 9.91. The Labute approximate surface area is 209 Å². The Morgan fingerprint density at radius 2 is 2.08 bits per heavy atom. The molecule has 1 aromatic heterocycles. The molecular weight excluding hydrogens is 488 g/mol. The highest BCUT2D eigenvalue weighted by molar-refractivity contribution is 7.89. The topological polar surface area (TPSA) is 195 Å². The third kappa shape index (κ3) is 6.21. The van der Waals surface area contributed by atoms with Gasteiger partial charge < -0.3 is 26.7 Å². The molecule has 1 aliphatic rings. The van der Waals surface area contributed by atoms with E-state index in [4.69, 9.17) is 11.5 Å². The summed E-state index contributed by atoms with van der Waals surface area (Å²) >= 11 is 0. The zero-order chi connectivity index (χ0) is 26.6. The van der Waals surface area contributed by atoms with E-state index in [0.717, 1.165) is 0 Å². The van der Waals surface area contributed by atoms with Crippen molar-refractivity contribution in [2.75, 3.05) is 13.1 Å². The summed E-state index contributed by atoms with van der Waals surface area (Å²) in [5.74, 6) is -1.82. The van der Waals surface area contributed by atoms with Gasteiger partial charge in [0.25, 0.3) is 0 Å². The number of benzene rings is 1. The number of carboxylic acid groups (broad SMARTS) is 1. The summed E-state index contributed by atoms with van der Waals surface area (Å²) in [6, 6.07) is 3.78. The maximum atomic E-state index is 13.5. The van der Waals surface area contributed by atoms with Crippen LogP contribution in [0.5, 0.6) is 0 Å². The molecule has 3 atom stereocenters. The number of nitrogens with two attached hydrogens (primary N) is 2. The van der Waals surface area contributed by atoms with E-state index in [9.17, 15) is 28.3 Å². The first-order valence-corrected chi connectivity index (χ1v) is 13.1. The van der Waals surface area contributed by atoms with Crippen LogP contribution in [0.4, 0.5) is 0 Å².